The Hall–Kier alpha value is -3.36. The van der Waals surface area contributed by atoms with E-state index in [9.17, 15) is 14.7 Å². The largest absolute Gasteiger partial charge is 0.507 e. The number of carbonyl (C=O) groups excluding carboxylic acids is 2. The Morgan fingerprint density at radius 3 is 2.57 bits per heavy atom. The fraction of sp³-hybridized carbons (Fsp3) is 0.448. The fourth-order valence-corrected chi connectivity index (χ4v) is 5.22. The number of ketones is 1. The molecule has 8 nitrogen and oxygen atoms in total. The number of hydrogen-bond acceptors (Lipinski definition) is 7. The molecule has 5 rings (SSSR count). The third-order valence-corrected chi connectivity index (χ3v) is 7.14. The Balaban J connectivity index is 1.50. The lowest BCUT2D eigenvalue weighted by Crippen LogP contribution is -2.42. The van der Waals surface area contributed by atoms with Gasteiger partial charge in [0.25, 0.3) is 11.7 Å². The molecule has 0 bridgehead atoms. The van der Waals surface area contributed by atoms with Gasteiger partial charge in [0.2, 0.25) is 0 Å². The van der Waals surface area contributed by atoms with Crippen molar-refractivity contribution in [3.05, 3.63) is 64.7 Å². The molecule has 2 unspecified atom stereocenters. The second-order valence-electron chi connectivity index (χ2n) is 9.82. The van der Waals surface area contributed by atoms with Crippen LogP contribution in [0.15, 0.2) is 48.0 Å². The Bertz CT molecular complexity index is 1190. The van der Waals surface area contributed by atoms with Gasteiger partial charge in [0.1, 0.15) is 23.4 Å². The van der Waals surface area contributed by atoms with Crippen LogP contribution < -0.4 is 9.47 Å². The van der Waals surface area contributed by atoms with E-state index in [0.717, 1.165) is 48.6 Å². The molecule has 0 saturated carbocycles. The quantitative estimate of drug-likeness (QED) is 0.333. The first-order valence-electron chi connectivity index (χ1n) is 13.1. The van der Waals surface area contributed by atoms with E-state index in [1.807, 2.05) is 50.2 Å². The second-order valence-corrected chi connectivity index (χ2v) is 9.82. The van der Waals surface area contributed by atoms with Crippen LogP contribution in [0.1, 0.15) is 43.0 Å². The van der Waals surface area contributed by atoms with Gasteiger partial charge in [0.15, 0.2) is 0 Å². The number of Topliss-reactive ketones (excluding diaryl/α,β-unsaturated/α-hetero) is 1. The van der Waals surface area contributed by atoms with Crippen LogP contribution in [0, 0.1) is 0 Å². The average molecular weight is 507 g/mol. The number of ether oxygens (including phenoxy) is 3. The van der Waals surface area contributed by atoms with E-state index in [-0.39, 0.29) is 17.4 Å². The Kier molecular flexibility index (Phi) is 7.48. The molecule has 0 spiro atoms. The SMILES string of the molecule is CCCOc1ccc(C2C(=C(O)c3ccc4c(c3)CC(C)O4)C(=O)C(=O)N2CCN2CCOCC2)cc1. The number of benzene rings is 2. The molecule has 3 aliphatic rings. The van der Waals surface area contributed by atoms with Gasteiger partial charge in [-0.1, -0.05) is 19.1 Å². The van der Waals surface area contributed by atoms with Crippen LogP contribution in [0.4, 0.5) is 0 Å². The molecule has 0 aliphatic carbocycles. The van der Waals surface area contributed by atoms with Gasteiger partial charge < -0.3 is 24.2 Å². The van der Waals surface area contributed by atoms with Crippen molar-refractivity contribution < 1.29 is 28.9 Å². The smallest absolute Gasteiger partial charge is 0.295 e. The molecule has 2 atom stereocenters. The molecule has 3 heterocycles. The summed E-state index contributed by atoms with van der Waals surface area (Å²) >= 11 is 0. The number of hydrogen-bond donors (Lipinski definition) is 1. The van der Waals surface area contributed by atoms with Gasteiger partial charge in [0, 0.05) is 38.2 Å². The molecule has 8 heteroatoms. The highest BCUT2D eigenvalue weighted by atomic mass is 16.5. The molecular formula is C29H34N2O6. The molecule has 2 aromatic rings. The second kappa shape index (κ2) is 10.9. The number of carbonyl (C=O) groups is 2. The molecule has 0 radical (unpaired) electrons. The first kappa shape index (κ1) is 25.3. The summed E-state index contributed by atoms with van der Waals surface area (Å²) in [6, 6.07) is 12.2. The highest BCUT2D eigenvalue weighted by molar-refractivity contribution is 6.46. The van der Waals surface area contributed by atoms with Crippen LogP contribution in [-0.2, 0) is 20.7 Å². The number of morpholine rings is 1. The van der Waals surface area contributed by atoms with Crippen molar-refractivity contribution in [2.75, 3.05) is 46.0 Å². The Labute approximate surface area is 217 Å². The van der Waals surface area contributed by atoms with Gasteiger partial charge in [-0.25, -0.2) is 0 Å². The summed E-state index contributed by atoms with van der Waals surface area (Å²) in [5.74, 6) is 0.0915. The fourth-order valence-electron chi connectivity index (χ4n) is 5.22. The Morgan fingerprint density at radius 1 is 1.08 bits per heavy atom. The predicted octanol–water partition coefficient (Wildman–Crippen LogP) is 3.55. The summed E-state index contributed by atoms with van der Waals surface area (Å²) in [5.41, 5.74) is 2.36. The van der Waals surface area contributed by atoms with E-state index in [2.05, 4.69) is 4.90 Å². The summed E-state index contributed by atoms with van der Waals surface area (Å²) in [4.78, 5) is 30.5. The summed E-state index contributed by atoms with van der Waals surface area (Å²) in [6.07, 6.45) is 1.69. The van der Waals surface area contributed by atoms with Crippen molar-refractivity contribution in [2.24, 2.45) is 0 Å². The summed E-state index contributed by atoms with van der Waals surface area (Å²) < 4.78 is 17.0. The highest BCUT2D eigenvalue weighted by Crippen LogP contribution is 2.41. The molecule has 0 aromatic heterocycles. The van der Waals surface area contributed by atoms with Gasteiger partial charge in [-0.15, -0.1) is 0 Å². The van der Waals surface area contributed by atoms with Crippen molar-refractivity contribution in [3.63, 3.8) is 0 Å². The maximum atomic E-state index is 13.4. The van der Waals surface area contributed by atoms with Crippen LogP contribution in [0.3, 0.4) is 0 Å². The standard InChI is InChI=1S/C29H34N2O6/c1-3-14-36-23-7-4-20(5-8-23)26-25(27(32)21-6-9-24-22(18-21)17-19(2)37-24)28(33)29(34)31(26)11-10-30-12-15-35-16-13-30/h4-9,18-19,26,32H,3,10-17H2,1-2H3. The number of nitrogens with zero attached hydrogens (tertiary/aromatic N) is 2. The molecule has 1 amide bonds. The number of aliphatic hydroxyl groups is 1. The van der Waals surface area contributed by atoms with Crippen LogP contribution >= 0.6 is 0 Å². The summed E-state index contributed by atoms with van der Waals surface area (Å²) in [7, 11) is 0. The van der Waals surface area contributed by atoms with Crippen molar-refractivity contribution >= 4 is 17.4 Å². The third kappa shape index (κ3) is 5.22. The van der Waals surface area contributed by atoms with Crippen molar-refractivity contribution in [1.82, 2.24) is 9.80 Å². The van der Waals surface area contributed by atoms with Crippen LogP contribution in [0.5, 0.6) is 11.5 Å². The Morgan fingerprint density at radius 2 is 1.84 bits per heavy atom. The summed E-state index contributed by atoms with van der Waals surface area (Å²) in [5, 5.41) is 11.4. The molecule has 2 aromatic carbocycles. The van der Waals surface area contributed by atoms with E-state index in [0.29, 0.717) is 38.5 Å². The lowest BCUT2D eigenvalue weighted by molar-refractivity contribution is -0.140. The minimum Gasteiger partial charge on any atom is -0.507 e. The van der Waals surface area contributed by atoms with Crippen molar-refractivity contribution in [2.45, 2.75) is 38.8 Å². The van der Waals surface area contributed by atoms with E-state index in [1.54, 1.807) is 11.0 Å². The minimum atomic E-state index is -0.690. The van der Waals surface area contributed by atoms with Crippen molar-refractivity contribution in [3.8, 4) is 11.5 Å². The van der Waals surface area contributed by atoms with Crippen LogP contribution in [-0.4, -0.2) is 78.7 Å². The van der Waals surface area contributed by atoms with E-state index < -0.39 is 17.7 Å². The third-order valence-electron chi connectivity index (χ3n) is 7.14. The van der Waals surface area contributed by atoms with Crippen LogP contribution in [0.25, 0.3) is 5.76 Å². The van der Waals surface area contributed by atoms with Gasteiger partial charge in [-0.3, -0.25) is 14.5 Å². The number of aliphatic hydroxyl groups excluding tert-OH is 1. The van der Waals surface area contributed by atoms with Gasteiger partial charge in [-0.2, -0.15) is 0 Å². The van der Waals surface area contributed by atoms with Crippen LogP contribution in [0.2, 0.25) is 0 Å². The first-order valence-corrected chi connectivity index (χ1v) is 13.1. The van der Waals surface area contributed by atoms with Gasteiger partial charge in [0.05, 0.1) is 31.4 Å². The van der Waals surface area contributed by atoms with Gasteiger partial charge in [-0.05, 0) is 54.8 Å². The summed E-state index contributed by atoms with van der Waals surface area (Å²) in [6.45, 7) is 8.52. The normalized spacial score (nSPS) is 23.2. The maximum Gasteiger partial charge on any atom is 0.295 e. The lowest BCUT2D eigenvalue weighted by atomic mass is 9.94. The monoisotopic (exact) mass is 506 g/mol. The number of rotatable bonds is 8. The molecular weight excluding hydrogens is 472 g/mol. The minimum absolute atomic E-state index is 0.0617. The molecule has 37 heavy (non-hydrogen) atoms. The number of likely N-dealkylation sites (tertiary alicyclic amines) is 1. The zero-order chi connectivity index (χ0) is 25.9. The lowest BCUT2D eigenvalue weighted by Gasteiger charge is -2.31. The average Bonchev–Trinajstić information content (AvgIpc) is 3.42. The first-order chi connectivity index (χ1) is 18.0. The maximum absolute atomic E-state index is 13.4. The van der Waals surface area contributed by atoms with Crippen molar-refractivity contribution in [1.29, 1.82) is 0 Å². The predicted molar refractivity (Wildman–Crippen MR) is 139 cm³/mol. The molecule has 3 aliphatic heterocycles. The molecule has 2 fully saturated rings. The molecule has 2 saturated heterocycles. The zero-order valence-corrected chi connectivity index (χ0v) is 21.4. The van der Waals surface area contributed by atoms with Gasteiger partial charge >= 0.3 is 0 Å². The molecule has 196 valence electrons. The van der Waals surface area contributed by atoms with E-state index in [1.165, 1.54) is 0 Å². The molecule has 1 N–H and O–H groups in total. The number of amides is 1. The van der Waals surface area contributed by atoms with E-state index in [4.69, 9.17) is 14.2 Å². The topological polar surface area (TPSA) is 88.5 Å². The zero-order valence-electron chi connectivity index (χ0n) is 21.4. The number of fused-ring (bicyclic) bond motifs is 1. The highest BCUT2D eigenvalue weighted by Gasteiger charge is 2.46. The van der Waals surface area contributed by atoms with E-state index >= 15 is 0 Å².